The van der Waals surface area contributed by atoms with Crippen molar-refractivity contribution in [2.24, 2.45) is 0 Å². The first-order chi connectivity index (χ1) is 13.4. The molecular weight excluding hydrogens is 366 g/mol. The van der Waals surface area contributed by atoms with E-state index in [9.17, 15) is 14.7 Å². The third-order valence-electron chi connectivity index (χ3n) is 3.83. The van der Waals surface area contributed by atoms with Crippen LogP contribution in [0.5, 0.6) is 23.0 Å². The first kappa shape index (κ1) is 20.6. The molecule has 2 rings (SSSR count). The van der Waals surface area contributed by atoms with Crippen molar-refractivity contribution in [3.05, 3.63) is 53.2 Å². The highest BCUT2D eigenvalue weighted by Gasteiger charge is 2.19. The van der Waals surface area contributed by atoms with Crippen molar-refractivity contribution in [3.63, 3.8) is 0 Å². The van der Waals surface area contributed by atoms with Gasteiger partial charge in [-0.15, -0.1) is 0 Å². The average Bonchev–Trinajstić information content (AvgIpc) is 2.72. The normalized spacial score (nSPS) is 10.8. The molecule has 148 valence electrons. The summed E-state index contributed by atoms with van der Waals surface area (Å²) >= 11 is 0. The highest BCUT2D eigenvalue weighted by Crippen LogP contribution is 2.38. The van der Waals surface area contributed by atoms with Crippen LogP contribution in [0.3, 0.4) is 0 Å². The first-order valence-corrected chi connectivity index (χ1v) is 8.13. The zero-order chi connectivity index (χ0) is 20.7. The molecule has 8 heteroatoms. The minimum absolute atomic E-state index is 0.149. The Balaban J connectivity index is 2.34. The summed E-state index contributed by atoms with van der Waals surface area (Å²) in [6.07, 6.45) is 1.34. The molecule has 8 nitrogen and oxygen atoms in total. The van der Waals surface area contributed by atoms with Crippen molar-refractivity contribution in [2.45, 2.75) is 0 Å². The molecule has 2 aromatic rings. The van der Waals surface area contributed by atoms with Crippen LogP contribution in [0.25, 0.3) is 6.08 Å². The Labute approximate surface area is 162 Å². The van der Waals surface area contributed by atoms with Gasteiger partial charge in [-0.1, -0.05) is 12.1 Å². The minimum atomic E-state index is -1.28. The van der Waals surface area contributed by atoms with Crippen molar-refractivity contribution in [1.82, 2.24) is 5.32 Å². The van der Waals surface area contributed by atoms with Gasteiger partial charge in [-0.3, -0.25) is 4.79 Å². The van der Waals surface area contributed by atoms with E-state index in [1.165, 1.54) is 46.6 Å². The van der Waals surface area contributed by atoms with Crippen molar-refractivity contribution >= 4 is 18.0 Å². The molecule has 0 saturated heterocycles. The number of rotatable bonds is 8. The molecule has 28 heavy (non-hydrogen) atoms. The SMILES string of the molecule is COc1ccc(C=C(NC(=O)c2cc(OC)c(OC)c(OC)c2)C(=O)O)cc1. The lowest BCUT2D eigenvalue weighted by molar-refractivity contribution is -0.132. The lowest BCUT2D eigenvalue weighted by Crippen LogP contribution is -2.27. The van der Waals surface area contributed by atoms with Gasteiger partial charge in [0.1, 0.15) is 11.4 Å². The average molecular weight is 387 g/mol. The lowest BCUT2D eigenvalue weighted by atomic mass is 10.1. The van der Waals surface area contributed by atoms with Gasteiger partial charge in [-0.25, -0.2) is 4.79 Å². The van der Waals surface area contributed by atoms with Crippen LogP contribution >= 0.6 is 0 Å². The van der Waals surface area contributed by atoms with E-state index in [1.54, 1.807) is 24.3 Å². The number of aliphatic carboxylic acids is 1. The van der Waals surface area contributed by atoms with E-state index in [4.69, 9.17) is 18.9 Å². The maximum Gasteiger partial charge on any atom is 0.352 e. The number of ether oxygens (including phenoxy) is 4. The van der Waals surface area contributed by atoms with Gasteiger partial charge in [0.15, 0.2) is 11.5 Å². The van der Waals surface area contributed by atoms with Gasteiger partial charge in [-0.05, 0) is 35.9 Å². The van der Waals surface area contributed by atoms with E-state index >= 15 is 0 Å². The molecule has 0 atom stereocenters. The molecule has 0 fully saturated rings. The molecule has 0 aliphatic carbocycles. The fraction of sp³-hybridized carbons (Fsp3) is 0.200. The number of carboxylic acids is 1. The molecule has 1 amide bonds. The van der Waals surface area contributed by atoms with Crippen molar-refractivity contribution in [1.29, 1.82) is 0 Å². The van der Waals surface area contributed by atoms with Gasteiger partial charge < -0.3 is 29.4 Å². The Bertz CT molecular complexity index is 863. The summed E-state index contributed by atoms with van der Waals surface area (Å²) in [5, 5.41) is 11.8. The van der Waals surface area contributed by atoms with Crippen LogP contribution < -0.4 is 24.3 Å². The Kier molecular flexibility index (Phi) is 6.86. The quantitative estimate of drug-likeness (QED) is 0.671. The Morgan fingerprint density at radius 1 is 0.893 bits per heavy atom. The highest BCUT2D eigenvalue weighted by atomic mass is 16.5. The first-order valence-electron chi connectivity index (χ1n) is 8.13. The second kappa shape index (κ2) is 9.31. The summed E-state index contributed by atoms with van der Waals surface area (Å²) in [6, 6.07) is 9.59. The summed E-state index contributed by atoms with van der Waals surface area (Å²) < 4.78 is 20.7. The molecule has 0 unspecified atom stereocenters. The lowest BCUT2D eigenvalue weighted by Gasteiger charge is -2.14. The predicted octanol–water partition coefficient (Wildman–Crippen LogP) is 2.58. The van der Waals surface area contributed by atoms with Crippen LogP contribution in [-0.4, -0.2) is 45.4 Å². The fourth-order valence-electron chi connectivity index (χ4n) is 2.42. The molecule has 0 aliphatic heterocycles. The number of methoxy groups -OCH3 is 4. The maximum atomic E-state index is 12.6. The zero-order valence-corrected chi connectivity index (χ0v) is 15.9. The van der Waals surface area contributed by atoms with Gasteiger partial charge >= 0.3 is 5.97 Å². The third kappa shape index (κ3) is 4.73. The van der Waals surface area contributed by atoms with Crippen LogP contribution in [0.4, 0.5) is 0 Å². The number of nitrogens with one attached hydrogen (secondary N) is 1. The second-order valence-corrected chi connectivity index (χ2v) is 5.50. The summed E-state index contributed by atoms with van der Waals surface area (Å²) in [5.41, 5.74) is 0.448. The van der Waals surface area contributed by atoms with E-state index in [0.717, 1.165) is 0 Å². The smallest absolute Gasteiger partial charge is 0.352 e. The minimum Gasteiger partial charge on any atom is -0.497 e. The molecule has 0 aliphatic rings. The number of carbonyl (C=O) groups is 2. The standard InChI is InChI=1S/C20H21NO7/c1-25-14-7-5-12(6-8-14)9-15(20(23)24)21-19(22)13-10-16(26-2)18(28-4)17(11-13)27-3/h5-11H,1-4H3,(H,21,22)(H,23,24). The van der Waals surface area contributed by atoms with Crippen molar-refractivity contribution < 1.29 is 33.6 Å². The fourth-order valence-corrected chi connectivity index (χ4v) is 2.42. The number of carbonyl (C=O) groups excluding carboxylic acids is 1. The Hall–Kier alpha value is -3.68. The number of benzene rings is 2. The number of hydrogen-bond donors (Lipinski definition) is 2. The summed E-state index contributed by atoms with van der Waals surface area (Å²) in [4.78, 5) is 24.2. The molecule has 0 radical (unpaired) electrons. The Morgan fingerprint density at radius 2 is 1.46 bits per heavy atom. The molecule has 0 aromatic heterocycles. The molecule has 0 spiro atoms. The van der Waals surface area contributed by atoms with Crippen LogP contribution in [0.2, 0.25) is 0 Å². The van der Waals surface area contributed by atoms with Crippen LogP contribution in [-0.2, 0) is 4.79 Å². The van der Waals surface area contributed by atoms with Gasteiger partial charge in [0, 0.05) is 5.56 Å². The number of amides is 1. The zero-order valence-electron chi connectivity index (χ0n) is 15.9. The summed E-state index contributed by atoms with van der Waals surface area (Å²) in [5.74, 6) is -0.395. The molecule has 2 aromatic carbocycles. The second-order valence-electron chi connectivity index (χ2n) is 5.50. The van der Waals surface area contributed by atoms with Crippen LogP contribution in [0, 0.1) is 0 Å². The van der Waals surface area contributed by atoms with Gasteiger partial charge in [-0.2, -0.15) is 0 Å². The monoisotopic (exact) mass is 387 g/mol. The van der Waals surface area contributed by atoms with Crippen molar-refractivity contribution in [2.75, 3.05) is 28.4 Å². The maximum absolute atomic E-state index is 12.6. The van der Waals surface area contributed by atoms with Crippen LogP contribution in [0.1, 0.15) is 15.9 Å². The molecular formula is C20H21NO7. The Morgan fingerprint density at radius 3 is 1.89 bits per heavy atom. The molecule has 0 saturated carbocycles. The molecule has 2 N–H and O–H groups in total. The number of carboxylic acid groups (broad SMARTS) is 1. The third-order valence-corrected chi connectivity index (χ3v) is 3.83. The van der Waals surface area contributed by atoms with Gasteiger partial charge in [0.2, 0.25) is 5.75 Å². The van der Waals surface area contributed by atoms with Gasteiger partial charge in [0.25, 0.3) is 5.91 Å². The number of hydrogen-bond acceptors (Lipinski definition) is 6. The van der Waals surface area contributed by atoms with Crippen molar-refractivity contribution in [3.8, 4) is 23.0 Å². The van der Waals surface area contributed by atoms with Gasteiger partial charge in [0.05, 0.1) is 28.4 Å². The largest absolute Gasteiger partial charge is 0.497 e. The predicted molar refractivity (Wildman–Crippen MR) is 102 cm³/mol. The topological polar surface area (TPSA) is 103 Å². The van der Waals surface area contributed by atoms with E-state index in [2.05, 4.69) is 5.32 Å². The molecule has 0 bridgehead atoms. The highest BCUT2D eigenvalue weighted by molar-refractivity contribution is 6.03. The van der Waals surface area contributed by atoms with Crippen LogP contribution in [0.15, 0.2) is 42.1 Å². The van der Waals surface area contributed by atoms with E-state index < -0.39 is 11.9 Å². The van der Waals surface area contributed by atoms with E-state index in [0.29, 0.717) is 17.1 Å². The summed E-state index contributed by atoms with van der Waals surface area (Å²) in [7, 11) is 5.82. The van der Waals surface area contributed by atoms with E-state index in [-0.39, 0.29) is 22.8 Å². The molecule has 0 heterocycles. The summed E-state index contributed by atoms with van der Waals surface area (Å²) in [6.45, 7) is 0. The van der Waals surface area contributed by atoms with E-state index in [1.807, 2.05) is 0 Å².